The molecule has 0 aliphatic carbocycles. The van der Waals surface area contributed by atoms with Crippen molar-refractivity contribution in [1.82, 2.24) is 0 Å². The number of halogens is 4. The number of hydrogen-bond acceptors (Lipinski definition) is 2. The normalized spacial score (nSPS) is 10.5. The first-order valence-corrected chi connectivity index (χ1v) is 5.85. The molecule has 0 atom stereocenters. The Labute approximate surface area is 117 Å². The number of nitrogens with one attached hydrogen (secondary N) is 1. The van der Waals surface area contributed by atoms with Gasteiger partial charge in [-0.2, -0.15) is 0 Å². The minimum atomic E-state index is -1.14. The second kappa shape index (κ2) is 5.82. The number of primary amides is 1. The Kier molecular flexibility index (Phi) is 4.11. The first-order chi connectivity index (χ1) is 9.88. The molecular formula is C14H10F4N2O. The predicted molar refractivity (Wildman–Crippen MR) is 68.6 cm³/mol. The van der Waals surface area contributed by atoms with Gasteiger partial charge in [0.2, 0.25) is 5.91 Å². The maximum atomic E-state index is 13.6. The van der Waals surface area contributed by atoms with Gasteiger partial charge >= 0.3 is 0 Å². The summed E-state index contributed by atoms with van der Waals surface area (Å²) >= 11 is 0. The SMILES string of the molecule is NC(=O)c1ccc(F)c(CNc2c(F)cc(F)cc2F)c1. The second-order valence-electron chi connectivity index (χ2n) is 4.27. The minimum Gasteiger partial charge on any atom is -0.376 e. The molecule has 3 nitrogen and oxygen atoms in total. The van der Waals surface area contributed by atoms with Gasteiger partial charge in [0.15, 0.2) is 11.6 Å². The van der Waals surface area contributed by atoms with E-state index in [1.165, 1.54) is 12.1 Å². The van der Waals surface area contributed by atoms with Crippen molar-refractivity contribution in [2.24, 2.45) is 5.73 Å². The maximum absolute atomic E-state index is 13.6. The number of benzene rings is 2. The summed E-state index contributed by atoms with van der Waals surface area (Å²) in [5.41, 5.74) is 4.54. The van der Waals surface area contributed by atoms with Gasteiger partial charge in [-0.25, -0.2) is 17.6 Å². The fraction of sp³-hybridized carbons (Fsp3) is 0.0714. The molecule has 0 aromatic heterocycles. The second-order valence-corrected chi connectivity index (χ2v) is 4.27. The standard InChI is InChI=1S/C14H10F4N2O/c15-9-4-11(17)13(12(18)5-9)20-6-8-3-7(14(19)21)1-2-10(8)16/h1-5,20H,6H2,(H2,19,21). The van der Waals surface area contributed by atoms with E-state index < -0.39 is 34.9 Å². The molecule has 21 heavy (non-hydrogen) atoms. The lowest BCUT2D eigenvalue weighted by atomic mass is 10.1. The van der Waals surface area contributed by atoms with Crippen LogP contribution in [0.2, 0.25) is 0 Å². The molecule has 2 rings (SSSR count). The Bertz CT molecular complexity index is 680. The number of nitrogens with two attached hydrogens (primary N) is 1. The van der Waals surface area contributed by atoms with Crippen LogP contribution in [0.4, 0.5) is 23.2 Å². The Hall–Kier alpha value is -2.57. The molecule has 2 aromatic rings. The zero-order valence-electron chi connectivity index (χ0n) is 10.6. The molecule has 0 aliphatic heterocycles. The highest BCUT2D eigenvalue weighted by Crippen LogP contribution is 2.21. The van der Waals surface area contributed by atoms with Crippen molar-refractivity contribution in [3.05, 3.63) is 64.7 Å². The average molecular weight is 298 g/mol. The van der Waals surface area contributed by atoms with E-state index in [2.05, 4.69) is 5.32 Å². The van der Waals surface area contributed by atoms with Crippen molar-refractivity contribution in [1.29, 1.82) is 0 Å². The van der Waals surface area contributed by atoms with Gasteiger partial charge in [-0.15, -0.1) is 0 Å². The van der Waals surface area contributed by atoms with Crippen LogP contribution in [0.1, 0.15) is 15.9 Å². The number of carbonyl (C=O) groups excluding carboxylic acids is 1. The Balaban J connectivity index is 2.24. The lowest BCUT2D eigenvalue weighted by Gasteiger charge is -2.10. The van der Waals surface area contributed by atoms with E-state index in [1.807, 2.05) is 0 Å². The van der Waals surface area contributed by atoms with Crippen LogP contribution in [0, 0.1) is 23.3 Å². The number of hydrogen-bond donors (Lipinski definition) is 2. The molecule has 2 aromatic carbocycles. The summed E-state index contributed by atoms with van der Waals surface area (Å²) in [7, 11) is 0. The first-order valence-electron chi connectivity index (χ1n) is 5.85. The van der Waals surface area contributed by atoms with Crippen LogP contribution in [0.15, 0.2) is 30.3 Å². The lowest BCUT2D eigenvalue weighted by Crippen LogP contribution is -2.13. The van der Waals surface area contributed by atoms with Crippen LogP contribution in [0.25, 0.3) is 0 Å². The first kappa shape index (κ1) is 14.8. The summed E-state index contributed by atoms with van der Waals surface area (Å²) in [5, 5.41) is 2.32. The van der Waals surface area contributed by atoms with Gasteiger partial charge in [0.1, 0.15) is 17.3 Å². The van der Waals surface area contributed by atoms with Crippen molar-refractivity contribution in [2.75, 3.05) is 5.32 Å². The largest absolute Gasteiger partial charge is 0.376 e. The van der Waals surface area contributed by atoms with Crippen LogP contribution in [0.5, 0.6) is 0 Å². The van der Waals surface area contributed by atoms with E-state index in [1.54, 1.807) is 0 Å². The smallest absolute Gasteiger partial charge is 0.248 e. The maximum Gasteiger partial charge on any atom is 0.248 e. The quantitative estimate of drug-likeness (QED) is 0.853. The third kappa shape index (κ3) is 3.31. The summed E-state index contributed by atoms with van der Waals surface area (Å²) in [5.74, 6) is -4.76. The lowest BCUT2D eigenvalue weighted by molar-refractivity contribution is 0.1000. The molecular weight excluding hydrogens is 288 g/mol. The highest BCUT2D eigenvalue weighted by atomic mass is 19.1. The zero-order valence-corrected chi connectivity index (χ0v) is 10.6. The van der Waals surface area contributed by atoms with E-state index in [0.29, 0.717) is 12.1 Å². The zero-order chi connectivity index (χ0) is 15.6. The van der Waals surface area contributed by atoms with E-state index in [9.17, 15) is 22.4 Å². The van der Waals surface area contributed by atoms with Gasteiger partial charge < -0.3 is 11.1 Å². The average Bonchev–Trinajstić information content (AvgIpc) is 2.39. The Morgan fingerprint density at radius 1 is 1.00 bits per heavy atom. The van der Waals surface area contributed by atoms with Gasteiger partial charge in [-0.05, 0) is 18.2 Å². The third-order valence-electron chi connectivity index (χ3n) is 2.79. The molecule has 0 saturated heterocycles. The van der Waals surface area contributed by atoms with Crippen LogP contribution in [-0.2, 0) is 6.54 Å². The summed E-state index contributed by atoms with van der Waals surface area (Å²) in [6.07, 6.45) is 0. The number of rotatable bonds is 4. The molecule has 110 valence electrons. The third-order valence-corrected chi connectivity index (χ3v) is 2.79. The molecule has 0 spiro atoms. The topological polar surface area (TPSA) is 55.1 Å². The van der Waals surface area contributed by atoms with Crippen LogP contribution in [0.3, 0.4) is 0 Å². The molecule has 0 fully saturated rings. The van der Waals surface area contributed by atoms with Crippen molar-refractivity contribution in [3.8, 4) is 0 Å². The van der Waals surface area contributed by atoms with Crippen LogP contribution < -0.4 is 11.1 Å². The van der Waals surface area contributed by atoms with Gasteiger partial charge in [0.05, 0.1) is 0 Å². The van der Waals surface area contributed by atoms with Gasteiger partial charge in [-0.3, -0.25) is 4.79 Å². The minimum absolute atomic E-state index is 0.00516. The van der Waals surface area contributed by atoms with Gasteiger partial charge in [0.25, 0.3) is 0 Å². The van der Waals surface area contributed by atoms with Crippen molar-refractivity contribution >= 4 is 11.6 Å². The number of amides is 1. The van der Waals surface area contributed by atoms with Crippen molar-refractivity contribution in [2.45, 2.75) is 6.54 Å². The molecule has 0 saturated carbocycles. The van der Waals surface area contributed by atoms with Crippen molar-refractivity contribution in [3.63, 3.8) is 0 Å². The molecule has 7 heteroatoms. The number of carbonyl (C=O) groups is 1. The Morgan fingerprint density at radius 2 is 1.62 bits per heavy atom. The molecule has 1 amide bonds. The van der Waals surface area contributed by atoms with Crippen LogP contribution in [-0.4, -0.2) is 5.91 Å². The fourth-order valence-electron chi connectivity index (χ4n) is 1.76. The molecule has 0 heterocycles. The van der Waals surface area contributed by atoms with Gasteiger partial charge in [0, 0.05) is 29.8 Å². The summed E-state index contributed by atoms with van der Waals surface area (Å²) in [6, 6.07) is 4.39. The highest BCUT2D eigenvalue weighted by Gasteiger charge is 2.13. The van der Waals surface area contributed by atoms with E-state index >= 15 is 0 Å². The monoisotopic (exact) mass is 298 g/mol. The molecule has 3 N–H and O–H groups in total. The van der Waals surface area contributed by atoms with E-state index in [-0.39, 0.29) is 17.7 Å². The number of anilines is 1. The van der Waals surface area contributed by atoms with Crippen molar-refractivity contribution < 1.29 is 22.4 Å². The molecule has 0 radical (unpaired) electrons. The van der Waals surface area contributed by atoms with E-state index in [0.717, 1.165) is 6.07 Å². The predicted octanol–water partition coefficient (Wildman–Crippen LogP) is 2.95. The highest BCUT2D eigenvalue weighted by molar-refractivity contribution is 5.92. The molecule has 0 bridgehead atoms. The summed E-state index contributed by atoms with van der Waals surface area (Å²) in [4.78, 5) is 11.0. The summed E-state index contributed by atoms with van der Waals surface area (Å²) < 4.78 is 53.1. The summed E-state index contributed by atoms with van der Waals surface area (Å²) in [6.45, 7) is -0.299. The van der Waals surface area contributed by atoms with Crippen LogP contribution >= 0.6 is 0 Å². The molecule has 0 aliphatic rings. The van der Waals surface area contributed by atoms with E-state index in [4.69, 9.17) is 5.73 Å². The molecule has 0 unspecified atom stereocenters. The fourth-order valence-corrected chi connectivity index (χ4v) is 1.76. The van der Waals surface area contributed by atoms with Gasteiger partial charge in [-0.1, -0.05) is 0 Å². The Morgan fingerprint density at radius 3 is 2.19 bits per heavy atom.